The van der Waals surface area contributed by atoms with Crippen LogP contribution in [0.1, 0.15) is 37.4 Å². The number of imidazole rings is 1. The first kappa shape index (κ1) is 29.3. The number of carbonyl (C=O) groups is 4. The summed E-state index contributed by atoms with van der Waals surface area (Å²) in [6.45, 7) is 2.66. The normalized spacial score (nSPS) is 20.4. The zero-order valence-corrected chi connectivity index (χ0v) is 22.6. The van der Waals surface area contributed by atoms with Gasteiger partial charge in [0.25, 0.3) is 5.91 Å². The maximum Gasteiger partial charge on any atom is 0.362 e. The van der Waals surface area contributed by atoms with E-state index in [-0.39, 0.29) is 28.3 Å². The number of hydrogen-bond acceptors (Lipinski definition) is 15. The van der Waals surface area contributed by atoms with E-state index >= 15 is 0 Å². The number of aromatic nitrogens is 4. The number of anilines is 1. The van der Waals surface area contributed by atoms with Crippen molar-refractivity contribution in [1.29, 1.82) is 0 Å². The number of nitrogens with one attached hydrogen (secondary N) is 1. The van der Waals surface area contributed by atoms with Gasteiger partial charge < -0.3 is 24.7 Å². The molecule has 0 radical (unpaired) electrons. The first-order chi connectivity index (χ1) is 19.3. The van der Waals surface area contributed by atoms with Crippen molar-refractivity contribution in [3.05, 3.63) is 42.5 Å². The number of fused-ring (bicyclic) bond motifs is 1. The fraction of sp³-hybridized carbons (Fsp3) is 0.348. The van der Waals surface area contributed by atoms with Gasteiger partial charge in [-0.05, 0) is 24.3 Å². The molecule has 3 aromatic rings. The Kier molecular flexibility index (Phi) is 8.45. The number of nitrogens with two attached hydrogens (primary N) is 1. The van der Waals surface area contributed by atoms with Crippen LogP contribution < -0.4 is 15.2 Å². The van der Waals surface area contributed by atoms with Crippen LogP contribution in [0.3, 0.4) is 0 Å². The lowest BCUT2D eigenvalue weighted by atomic mass is 10.1. The minimum Gasteiger partial charge on any atom is -0.456 e. The first-order valence-electron chi connectivity index (χ1n) is 11.8. The van der Waals surface area contributed by atoms with E-state index < -0.39 is 65.3 Å². The SMILES string of the molecule is CC(=O)Oc1ccc(C(=O)NS(=O)(=O)OC[C@H]2O[C@@H](n3cnc4c(N)ncnc43)[C@H](OC(C)=O)[C@@H]2OC(C)=O)cc1. The molecule has 1 aliphatic rings. The van der Waals surface area contributed by atoms with Crippen molar-refractivity contribution in [3.8, 4) is 5.75 Å². The Morgan fingerprint density at radius 3 is 2.27 bits per heavy atom. The maximum atomic E-state index is 12.6. The highest BCUT2D eigenvalue weighted by molar-refractivity contribution is 7.85. The van der Waals surface area contributed by atoms with Crippen LogP contribution in [0.5, 0.6) is 5.75 Å². The van der Waals surface area contributed by atoms with Crippen LogP contribution >= 0.6 is 0 Å². The molecule has 3 N–H and O–H groups in total. The molecule has 1 fully saturated rings. The summed E-state index contributed by atoms with van der Waals surface area (Å²) < 4.78 is 54.7. The van der Waals surface area contributed by atoms with E-state index in [4.69, 9.17) is 28.9 Å². The van der Waals surface area contributed by atoms with Crippen molar-refractivity contribution < 1.29 is 50.7 Å². The van der Waals surface area contributed by atoms with Gasteiger partial charge in [-0.3, -0.25) is 27.9 Å². The van der Waals surface area contributed by atoms with Crippen molar-refractivity contribution >= 4 is 51.1 Å². The Morgan fingerprint density at radius 2 is 1.63 bits per heavy atom. The largest absolute Gasteiger partial charge is 0.456 e. The summed E-state index contributed by atoms with van der Waals surface area (Å²) in [7, 11) is -4.72. The number of nitrogen functional groups attached to an aromatic ring is 1. The Balaban J connectivity index is 1.53. The standard InChI is InChI=1S/C23H24N6O11S/c1-11(30)37-15-6-4-14(5-7-15)22(33)28-41(34,35)36-8-16-18(38-12(2)31)19(39-13(3)32)23(40-16)29-10-27-17-20(24)25-9-26-21(17)29/h4-7,9-10,16,18-19,23H,8H2,1-3H3,(H,28,33)(H2,24,25,26)/t16-,18-,19-,23-/m1/s1. The minimum absolute atomic E-state index is 0.0649. The van der Waals surface area contributed by atoms with Crippen LogP contribution in [0, 0.1) is 0 Å². The van der Waals surface area contributed by atoms with Crippen molar-refractivity contribution in [2.75, 3.05) is 12.3 Å². The predicted molar refractivity (Wildman–Crippen MR) is 135 cm³/mol. The summed E-state index contributed by atoms with van der Waals surface area (Å²) >= 11 is 0. The third-order valence-electron chi connectivity index (χ3n) is 5.53. The van der Waals surface area contributed by atoms with Crippen LogP contribution in [0.2, 0.25) is 0 Å². The van der Waals surface area contributed by atoms with Gasteiger partial charge in [-0.1, -0.05) is 0 Å². The molecule has 1 aromatic carbocycles. The third-order valence-corrected chi connectivity index (χ3v) is 6.42. The molecule has 3 heterocycles. The molecule has 1 amide bonds. The van der Waals surface area contributed by atoms with Crippen LogP contribution in [0.4, 0.5) is 5.82 Å². The zero-order valence-electron chi connectivity index (χ0n) is 21.7. The third kappa shape index (κ3) is 6.91. The topological polar surface area (TPSA) is 230 Å². The quantitative estimate of drug-likeness (QED) is 0.242. The van der Waals surface area contributed by atoms with E-state index in [0.29, 0.717) is 0 Å². The molecule has 4 atom stereocenters. The molecule has 1 saturated heterocycles. The Morgan fingerprint density at radius 1 is 0.976 bits per heavy atom. The highest BCUT2D eigenvalue weighted by atomic mass is 32.2. The molecular weight excluding hydrogens is 568 g/mol. The molecule has 2 aromatic heterocycles. The van der Waals surface area contributed by atoms with E-state index in [2.05, 4.69) is 15.0 Å². The highest BCUT2D eigenvalue weighted by Gasteiger charge is 2.51. The molecule has 0 bridgehead atoms. The average Bonchev–Trinajstić information content (AvgIpc) is 3.44. The molecule has 1 aliphatic heterocycles. The highest BCUT2D eigenvalue weighted by Crippen LogP contribution is 2.36. The summed E-state index contributed by atoms with van der Waals surface area (Å²) in [6.07, 6.45) is -2.67. The van der Waals surface area contributed by atoms with E-state index in [9.17, 15) is 27.6 Å². The van der Waals surface area contributed by atoms with Crippen molar-refractivity contribution in [3.63, 3.8) is 0 Å². The second-order valence-electron chi connectivity index (χ2n) is 8.58. The number of ether oxygens (including phenoxy) is 4. The van der Waals surface area contributed by atoms with Gasteiger partial charge in [-0.15, -0.1) is 0 Å². The fourth-order valence-corrected chi connectivity index (χ4v) is 4.69. The second kappa shape index (κ2) is 11.8. The smallest absolute Gasteiger partial charge is 0.362 e. The fourth-order valence-electron chi connectivity index (χ4n) is 3.97. The number of rotatable bonds is 9. The van der Waals surface area contributed by atoms with Gasteiger partial charge in [-0.2, -0.15) is 8.42 Å². The summed E-state index contributed by atoms with van der Waals surface area (Å²) in [5.41, 5.74) is 6.18. The predicted octanol–water partition coefficient (Wildman–Crippen LogP) is -0.214. The lowest BCUT2D eigenvalue weighted by molar-refractivity contribution is -0.165. The van der Waals surface area contributed by atoms with Crippen molar-refractivity contribution in [2.24, 2.45) is 0 Å². The van der Waals surface area contributed by atoms with Gasteiger partial charge in [0, 0.05) is 26.3 Å². The van der Waals surface area contributed by atoms with Crippen molar-refractivity contribution in [1.82, 2.24) is 24.2 Å². The Hall–Kier alpha value is -4.68. The maximum absolute atomic E-state index is 12.6. The summed E-state index contributed by atoms with van der Waals surface area (Å²) in [5, 5.41) is 0. The molecule has 41 heavy (non-hydrogen) atoms. The molecule has 0 saturated carbocycles. The summed E-state index contributed by atoms with van der Waals surface area (Å²) in [5.74, 6) is -2.93. The van der Waals surface area contributed by atoms with Gasteiger partial charge in [0.05, 0.1) is 12.9 Å². The molecule has 17 nitrogen and oxygen atoms in total. The number of hydrogen-bond donors (Lipinski definition) is 2. The minimum atomic E-state index is -4.72. The van der Waals surface area contributed by atoms with Gasteiger partial charge in [-0.25, -0.2) is 19.7 Å². The molecule has 18 heteroatoms. The first-order valence-corrected chi connectivity index (χ1v) is 13.2. The number of nitrogens with zero attached hydrogens (tertiary/aromatic N) is 4. The molecule has 218 valence electrons. The molecule has 0 aliphatic carbocycles. The Labute approximate surface area is 232 Å². The molecular formula is C23H24N6O11S. The Bertz CT molecular complexity index is 1590. The monoisotopic (exact) mass is 592 g/mol. The number of esters is 3. The van der Waals surface area contributed by atoms with Gasteiger partial charge in [0.15, 0.2) is 29.9 Å². The van der Waals surface area contributed by atoms with Crippen LogP contribution in [-0.4, -0.2) is 76.7 Å². The lowest BCUT2D eigenvalue weighted by Gasteiger charge is -2.23. The lowest BCUT2D eigenvalue weighted by Crippen LogP contribution is -2.41. The van der Waals surface area contributed by atoms with E-state index in [1.165, 1.54) is 48.4 Å². The van der Waals surface area contributed by atoms with Crippen LogP contribution in [0.25, 0.3) is 11.2 Å². The van der Waals surface area contributed by atoms with Gasteiger partial charge in [0.2, 0.25) is 0 Å². The van der Waals surface area contributed by atoms with Crippen molar-refractivity contribution in [2.45, 2.75) is 45.3 Å². The molecule has 0 unspecified atom stereocenters. The number of amides is 1. The van der Waals surface area contributed by atoms with Gasteiger partial charge >= 0.3 is 28.2 Å². The summed E-state index contributed by atoms with van der Waals surface area (Å²) in [6, 6.07) is 5.07. The van der Waals surface area contributed by atoms with E-state index in [1.54, 1.807) is 4.72 Å². The molecule has 4 rings (SSSR count). The average molecular weight is 593 g/mol. The second-order valence-corrected chi connectivity index (χ2v) is 9.93. The summed E-state index contributed by atoms with van der Waals surface area (Å²) in [4.78, 5) is 59.4. The zero-order chi connectivity index (χ0) is 29.9. The molecule has 0 spiro atoms. The number of benzene rings is 1. The van der Waals surface area contributed by atoms with Crippen LogP contribution in [0.15, 0.2) is 36.9 Å². The van der Waals surface area contributed by atoms with E-state index in [0.717, 1.165) is 13.8 Å². The number of carbonyl (C=O) groups excluding carboxylic acids is 4. The van der Waals surface area contributed by atoms with Crippen LogP contribution in [-0.2, 0) is 43.1 Å². The van der Waals surface area contributed by atoms with Gasteiger partial charge in [0.1, 0.15) is 23.7 Å². The van der Waals surface area contributed by atoms with E-state index in [1.807, 2.05) is 0 Å².